The second-order valence-electron chi connectivity index (χ2n) is 4.32. The van der Waals surface area contributed by atoms with Gasteiger partial charge in [0.1, 0.15) is 11.6 Å². The first-order chi connectivity index (χ1) is 9.50. The highest BCUT2D eigenvalue weighted by Gasteiger charge is 2.37. The third kappa shape index (κ3) is 1.80. The van der Waals surface area contributed by atoms with Crippen molar-refractivity contribution in [3.8, 4) is 5.75 Å². The Bertz CT molecular complexity index is 769. The summed E-state index contributed by atoms with van der Waals surface area (Å²) in [5.74, 6) is -1.25. The van der Waals surface area contributed by atoms with E-state index in [0.29, 0.717) is 10.1 Å². The number of benzene rings is 2. The topological polar surface area (TPSA) is 38.0 Å². The number of hydrogen-bond acceptors (Lipinski definition) is 2. The van der Waals surface area contributed by atoms with E-state index in [0.717, 1.165) is 18.3 Å². The van der Waals surface area contributed by atoms with E-state index < -0.39 is 17.4 Å². The van der Waals surface area contributed by atoms with Crippen LogP contribution in [0, 0.1) is 5.82 Å². The molecule has 0 saturated heterocycles. The van der Waals surface area contributed by atoms with Gasteiger partial charge in [-0.1, -0.05) is 12.1 Å². The molecule has 6 heteroatoms. The highest BCUT2D eigenvalue weighted by Crippen LogP contribution is 2.35. The Morgan fingerprint density at radius 1 is 1.15 bits per heavy atom. The van der Waals surface area contributed by atoms with Gasteiger partial charge < -0.3 is 5.11 Å². The van der Waals surface area contributed by atoms with E-state index in [1.807, 2.05) is 0 Å². The van der Waals surface area contributed by atoms with Crippen LogP contribution in [0.2, 0.25) is 0 Å². The average Bonchev–Trinajstić information content (AvgIpc) is 2.94. The van der Waals surface area contributed by atoms with Crippen LogP contribution in [0.25, 0.3) is 10.8 Å². The molecule has 1 aromatic heterocycles. The van der Waals surface area contributed by atoms with Crippen molar-refractivity contribution in [2.24, 2.45) is 0 Å². The lowest BCUT2D eigenvalue weighted by atomic mass is 10.0. The third-order valence-corrected chi connectivity index (χ3v) is 3.06. The Hall–Kier alpha value is -2.50. The summed E-state index contributed by atoms with van der Waals surface area (Å²) in [5, 5.41) is 13.6. The van der Waals surface area contributed by atoms with Crippen molar-refractivity contribution in [2.75, 3.05) is 0 Å². The Morgan fingerprint density at radius 3 is 2.65 bits per heavy atom. The van der Waals surface area contributed by atoms with Crippen molar-refractivity contribution >= 4 is 10.8 Å². The first-order valence-electron chi connectivity index (χ1n) is 5.80. The van der Waals surface area contributed by atoms with Gasteiger partial charge in [0.25, 0.3) is 0 Å². The summed E-state index contributed by atoms with van der Waals surface area (Å²) in [6.45, 7) is 0. The highest BCUT2D eigenvalue weighted by atomic mass is 19.3. The van der Waals surface area contributed by atoms with Crippen molar-refractivity contribution in [1.82, 2.24) is 9.78 Å². The summed E-state index contributed by atoms with van der Waals surface area (Å²) in [5.41, 5.74) is -0.792. The van der Waals surface area contributed by atoms with Crippen LogP contribution in [-0.4, -0.2) is 14.9 Å². The number of aromatic hydroxyl groups is 1. The van der Waals surface area contributed by atoms with Gasteiger partial charge in [0.05, 0.1) is 5.56 Å². The Labute approximate surface area is 111 Å². The van der Waals surface area contributed by atoms with Gasteiger partial charge in [0, 0.05) is 17.8 Å². The molecule has 0 aliphatic rings. The molecule has 0 aliphatic carbocycles. The molecule has 1 N–H and O–H groups in total. The average molecular weight is 278 g/mol. The maximum absolute atomic E-state index is 14.2. The molecule has 102 valence electrons. The number of hydrogen-bond donors (Lipinski definition) is 1. The Balaban J connectivity index is 2.24. The molecule has 1 heterocycles. The number of rotatable bonds is 2. The smallest absolute Gasteiger partial charge is 0.373 e. The number of phenols is 1. The van der Waals surface area contributed by atoms with E-state index >= 15 is 0 Å². The summed E-state index contributed by atoms with van der Waals surface area (Å²) in [6.07, 6.45) is 2.25. The Morgan fingerprint density at radius 2 is 1.95 bits per heavy atom. The minimum Gasteiger partial charge on any atom is -0.507 e. The van der Waals surface area contributed by atoms with Crippen molar-refractivity contribution in [3.05, 3.63) is 60.2 Å². The normalized spacial score (nSPS) is 11.9. The van der Waals surface area contributed by atoms with Crippen molar-refractivity contribution in [3.63, 3.8) is 0 Å². The van der Waals surface area contributed by atoms with Crippen molar-refractivity contribution in [2.45, 2.75) is 6.05 Å². The predicted octanol–water partition coefficient (Wildman–Crippen LogP) is 3.48. The zero-order valence-electron chi connectivity index (χ0n) is 10.1. The molecular formula is C14H9F3N2O. The molecule has 0 unspecified atom stereocenters. The molecule has 0 spiro atoms. The number of aromatic nitrogens is 2. The quantitative estimate of drug-likeness (QED) is 0.779. The van der Waals surface area contributed by atoms with Crippen molar-refractivity contribution in [1.29, 1.82) is 0 Å². The molecule has 0 bridgehead atoms. The van der Waals surface area contributed by atoms with E-state index in [1.54, 1.807) is 0 Å². The van der Waals surface area contributed by atoms with Gasteiger partial charge in [-0.3, -0.25) is 0 Å². The second kappa shape index (κ2) is 4.26. The second-order valence-corrected chi connectivity index (χ2v) is 4.32. The predicted molar refractivity (Wildman–Crippen MR) is 67.1 cm³/mol. The van der Waals surface area contributed by atoms with Gasteiger partial charge in [-0.05, 0) is 29.7 Å². The summed E-state index contributed by atoms with van der Waals surface area (Å²) in [7, 11) is 0. The van der Waals surface area contributed by atoms with Gasteiger partial charge in [0.15, 0.2) is 0 Å². The largest absolute Gasteiger partial charge is 0.507 e. The molecule has 3 rings (SSSR count). The maximum Gasteiger partial charge on any atom is 0.373 e. The molecular weight excluding hydrogens is 269 g/mol. The maximum atomic E-state index is 14.2. The first-order valence-corrected chi connectivity index (χ1v) is 5.80. The molecule has 3 nitrogen and oxygen atoms in total. The lowest BCUT2D eigenvalue weighted by Crippen LogP contribution is -2.26. The van der Waals surface area contributed by atoms with Gasteiger partial charge in [-0.25, -0.2) is 9.07 Å². The third-order valence-electron chi connectivity index (χ3n) is 3.06. The van der Waals surface area contributed by atoms with E-state index in [1.165, 1.54) is 30.5 Å². The van der Waals surface area contributed by atoms with Crippen LogP contribution >= 0.6 is 0 Å². The fraction of sp³-hybridized carbons (Fsp3) is 0.0714. The molecule has 0 saturated carbocycles. The van der Waals surface area contributed by atoms with Crippen LogP contribution in [0.15, 0.2) is 48.8 Å². The van der Waals surface area contributed by atoms with Crippen LogP contribution in [0.5, 0.6) is 5.75 Å². The standard InChI is InChI=1S/C14H9F3N2O/c15-12-8-10-9(3-1-4-13(10)20)7-11(12)14(16,17)19-6-2-5-18-19/h1-8,20H. The number of alkyl halides is 2. The van der Waals surface area contributed by atoms with Crippen molar-refractivity contribution < 1.29 is 18.3 Å². The van der Waals surface area contributed by atoms with Crippen LogP contribution in [0.4, 0.5) is 13.2 Å². The molecule has 2 aromatic carbocycles. The molecule has 0 radical (unpaired) electrons. The minimum atomic E-state index is -3.60. The SMILES string of the molecule is Oc1cccc2cc(C(F)(F)n3cccn3)c(F)cc12. The molecule has 0 amide bonds. The Kier molecular flexibility index (Phi) is 2.67. The monoisotopic (exact) mass is 278 g/mol. The van der Waals surface area contributed by atoms with Gasteiger partial charge in [-0.2, -0.15) is 13.9 Å². The van der Waals surface area contributed by atoms with E-state index in [-0.39, 0.29) is 11.1 Å². The summed E-state index contributed by atoms with van der Waals surface area (Å²) in [4.78, 5) is 0. The first kappa shape index (κ1) is 12.5. The zero-order valence-corrected chi connectivity index (χ0v) is 10.1. The number of fused-ring (bicyclic) bond motifs is 1. The molecule has 3 aromatic rings. The molecule has 0 aliphatic heterocycles. The lowest BCUT2D eigenvalue weighted by molar-refractivity contribution is -0.0511. The van der Waals surface area contributed by atoms with Crippen LogP contribution in [0.3, 0.4) is 0 Å². The van der Waals surface area contributed by atoms with Gasteiger partial charge in [0.2, 0.25) is 0 Å². The number of phenolic OH excluding ortho intramolecular Hbond substituents is 1. The van der Waals surface area contributed by atoms with Crippen LogP contribution < -0.4 is 0 Å². The number of nitrogens with zero attached hydrogens (tertiary/aromatic N) is 2. The fourth-order valence-electron chi connectivity index (χ4n) is 2.07. The number of halogens is 3. The fourth-order valence-corrected chi connectivity index (χ4v) is 2.07. The molecule has 0 atom stereocenters. The van der Waals surface area contributed by atoms with Crippen LogP contribution in [0.1, 0.15) is 5.56 Å². The minimum absolute atomic E-state index is 0.157. The zero-order chi connectivity index (χ0) is 14.3. The van der Waals surface area contributed by atoms with Crippen LogP contribution in [-0.2, 0) is 6.05 Å². The lowest BCUT2D eigenvalue weighted by Gasteiger charge is -2.18. The van der Waals surface area contributed by atoms with E-state index in [9.17, 15) is 18.3 Å². The summed E-state index contributed by atoms with van der Waals surface area (Å²) in [6, 6.07) is 4.05. The van der Waals surface area contributed by atoms with E-state index in [4.69, 9.17) is 0 Å². The summed E-state index contributed by atoms with van der Waals surface area (Å²) >= 11 is 0. The van der Waals surface area contributed by atoms with Gasteiger partial charge >= 0.3 is 6.05 Å². The highest BCUT2D eigenvalue weighted by molar-refractivity contribution is 5.88. The van der Waals surface area contributed by atoms with E-state index in [2.05, 4.69) is 5.10 Å². The van der Waals surface area contributed by atoms with Gasteiger partial charge in [-0.15, -0.1) is 0 Å². The summed E-state index contributed by atoms with van der Waals surface area (Å²) < 4.78 is 42.8. The molecule has 20 heavy (non-hydrogen) atoms. The molecule has 0 fully saturated rings.